The highest BCUT2D eigenvalue weighted by Gasteiger charge is 2.57. The second-order valence-corrected chi connectivity index (χ2v) is 10.2. The third kappa shape index (κ3) is 5.25. The van der Waals surface area contributed by atoms with Gasteiger partial charge >= 0.3 is 18.0 Å². The van der Waals surface area contributed by atoms with Crippen molar-refractivity contribution in [2.45, 2.75) is 46.3 Å². The number of fused-ring (bicyclic) bond motifs is 1. The Morgan fingerprint density at radius 1 is 1.24 bits per heavy atom. The van der Waals surface area contributed by atoms with Crippen LogP contribution in [0.1, 0.15) is 39.7 Å². The van der Waals surface area contributed by atoms with Crippen LogP contribution >= 0.6 is 0 Å². The molecule has 0 unspecified atom stereocenters. The number of hydrogen-bond donors (Lipinski definition) is 2. The van der Waals surface area contributed by atoms with Crippen LogP contribution in [-0.4, -0.2) is 62.4 Å². The van der Waals surface area contributed by atoms with Gasteiger partial charge in [0.25, 0.3) is 0 Å². The molecule has 0 aliphatic carbocycles. The number of amides is 2. The molecule has 1 aromatic heterocycles. The van der Waals surface area contributed by atoms with Gasteiger partial charge < -0.3 is 28.8 Å². The summed E-state index contributed by atoms with van der Waals surface area (Å²) in [5.41, 5.74) is 0.223. The van der Waals surface area contributed by atoms with Crippen molar-refractivity contribution >= 4 is 35.5 Å². The van der Waals surface area contributed by atoms with Gasteiger partial charge in [0.15, 0.2) is 0 Å². The van der Waals surface area contributed by atoms with E-state index in [1.54, 1.807) is 62.8 Å². The van der Waals surface area contributed by atoms with Gasteiger partial charge in [-0.05, 0) is 57.4 Å². The highest BCUT2D eigenvalue weighted by Crippen LogP contribution is 2.47. The maximum Gasteiger partial charge on any atom is 0.419 e. The fourth-order valence-electron chi connectivity index (χ4n) is 4.40. The van der Waals surface area contributed by atoms with Crippen LogP contribution in [0, 0.1) is 11.3 Å². The highest BCUT2D eigenvalue weighted by atomic mass is 16.7. The number of anilines is 1. The minimum absolute atomic E-state index is 0.00156. The Morgan fingerprint density at radius 3 is 2.61 bits per heavy atom. The maximum absolute atomic E-state index is 13.1. The lowest BCUT2D eigenvalue weighted by Gasteiger charge is -2.44. The molecular formula is C26H30N4O8. The first-order valence-electron chi connectivity index (χ1n) is 12.0. The zero-order valence-corrected chi connectivity index (χ0v) is 21.8. The van der Waals surface area contributed by atoms with Crippen LogP contribution in [-0.2, 0) is 30.9 Å². The number of carbonyl (C=O) groups is 4. The summed E-state index contributed by atoms with van der Waals surface area (Å²) in [5.74, 6) is -1.97. The number of ether oxygens (including phenoxy) is 3. The predicted molar refractivity (Wildman–Crippen MR) is 133 cm³/mol. The van der Waals surface area contributed by atoms with E-state index in [0.29, 0.717) is 17.1 Å². The number of nitrogens with zero attached hydrogens (tertiary/aromatic N) is 3. The van der Waals surface area contributed by atoms with Crippen molar-refractivity contribution in [1.82, 2.24) is 14.5 Å². The Balaban J connectivity index is 1.56. The summed E-state index contributed by atoms with van der Waals surface area (Å²) >= 11 is 0. The Kier molecular flexibility index (Phi) is 7.27. The van der Waals surface area contributed by atoms with E-state index in [2.05, 4.69) is 10.3 Å². The largest absolute Gasteiger partial charge is 0.427 e. The Bertz CT molecular complexity index is 1310. The summed E-state index contributed by atoms with van der Waals surface area (Å²) < 4.78 is 17.2. The van der Waals surface area contributed by atoms with Crippen LogP contribution in [0.2, 0.25) is 0 Å². The van der Waals surface area contributed by atoms with Crippen LogP contribution in [0.25, 0.3) is 5.57 Å². The normalized spacial score (nSPS) is 19.4. The fourth-order valence-corrected chi connectivity index (χ4v) is 4.40. The zero-order chi connectivity index (χ0) is 27.8. The lowest BCUT2D eigenvalue weighted by atomic mass is 9.82. The molecule has 0 radical (unpaired) electrons. The van der Waals surface area contributed by atoms with Gasteiger partial charge in [0.05, 0.1) is 23.5 Å². The molecule has 1 saturated heterocycles. The first-order chi connectivity index (χ1) is 17.9. The van der Waals surface area contributed by atoms with Crippen molar-refractivity contribution in [2.24, 2.45) is 18.4 Å². The molecule has 2 aliphatic rings. The Hall–Kier alpha value is -4.19. The summed E-state index contributed by atoms with van der Waals surface area (Å²) in [6.45, 7) is 5.91. The zero-order valence-electron chi connectivity index (χ0n) is 21.8. The predicted octanol–water partition coefficient (Wildman–Crippen LogP) is 2.44. The van der Waals surface area contributed by atoms with Gasteiger partial charge in [-0.2, -0.15) is 0 Å². The molecule has 3 heterocycles. The highest BCUT2D eigenvalue weighted by molar-refractivity contribution is 6.07. The van der Waals surface area contributed by atoms with Gasteiger partial charge in [0.1, 0.15) is 11.4 Å². The van der Waals surface area contributed by atoms with Gasteiger partial charge in [-0.25, -0.2) is 14.6 Å². The molecule has 2 N–H and O–H groups in total. The van der Waals surface area contributed by atoms with Crippen molar-refractivity contribution in [2.75, 3.05) is 12.1 Å². The SMILES string of the molecule is C[C@@H](O)[C@H]1C(=O)N2C(C(=O)OCOC(=O)C(C)(C)C)=C(c3cccc(OC(=O)Nc4nccn4C)c3)C[C@H]12. The molecule has 2 aliphatic heterocycles. The minimum Gasteiger partial charge on any atom is -0.427 e. The fraction of sp³-hybridized carbons (Fsp3) is 0.423. The molecular weight excluding hydrogens is 496 g/mol. The van der Waals surface area contributed by atoms with Gasteiger partial charge in [0.2, 0.25) is 18.6 Å². The molecule has 38 heavy (non-hydrogen) atoms. The number of nitrogens with one attached hydrogen (secondary N) is 1. The monoisotopic (exact) mass is 526 g/mol. The lowest BCUT2D eigenvalue weighted by molar-refractivity contribution is -0.175. The van der Waals surface area contributed by atoms with Crippen LogP contribution < -0.4 is 10.1 Å². The van der Waals surface area contributed by atoms with Crippen LogP contribution in [0.3, 0.4) is 0 Å². The van der Waals surface area contributed by atoms with Crippen LogP contribution in [0.15, 0.2) is 42.4 Å². The van der Waals surface area contributed by atoms with Crippen molar-refractivity contribution < 1.29 is 38.5 Å². The van der Waals surface area contributed by atoms with Gasteiger partial charge in [-0.3, -0.25) is 14.9 Å². The lowest BCUT2D eigenvalue weighted by Crippen LogP contribution is -2.61. The molecule has 12 nitrogen and oxygen atoms in total. The van der Waals surface area contributed by atoms with Crippen molar-refractivity contribution in [3.05, 3.63) is 47.9 Å². The van der Waals surface area contributed by atoms with Crippen molar-refractivity contribution in [3.63, 3.8) is 0 Å². The molecule has 1 fully saturated rings. The number of benzene rings is 1. The van der Waals surface area contributed by atoms with E-state index in [4.69, 9.17) is 14.2 Å². The summed E-state index contributed by atoms with van der Waals surface area (Å²) in [5, 5.41) is 12.6. The number of aryl methyl sites for hydroxylation is 1. The molecule has 0 saturated carbocycles. The third-order valence-electron chi connectivity index (χ3n) is 6.34. The first kappa shape index (κ1) is 26.9. The molecule has 4 rings (SSSR count). The standard InChI is InChI=1S/C26H30N4O8/c1-14(31)19-18-12-17(20(30(18)21(19)32)22(33)36-13-37-23(34)26(2,3)4)15-7-6-8-16(11-15)38-25(35)28-24-27-9-10-29(24)5/h6-11,14,18-19,31H,12-13H2,1-5H3,(H,27,28,35)/t14-,18-,19-/m1/s1. The number of rotatable bonds is 7. The molecule has 2 aromatic rings. The molecule has 202 valence electrons. The summed E-state index contributed by atoms with van der Waals surface area (Å²) in [4.78, 5) is 55.7. The quantitative estimate of drug-likeness (QED) is 0.315. The van der Waals surface area contributed by atoms with E-state index in [9.17, 15) is 24.3 Å². The first-order valence-corrected chi connectivity index (χ1v) is 12.0. The van der Waals surface area contributed by atoms with Gasteiger partial charge in [-0.1, -0.05) is 12.1 Å². The van der Waals surface area contributed by atoms with E-state index >= 15 is 0 Å². The number of esters is 2. The van der Waals surface area contributed by atoms with Crippen molar-refractivity contribution in [3.8, 4) is 5.75 Å². The van der Waals surface area contributed by atoms with Gasteiger partial charge in [-0.15, -0.1) is 0 Å². The Labute approximate surface area is 219 Å². The second kappa shape index (κ2) is 10.3. The Morgan fingerprint density at radius 2 is 1.97 bits per heavy atom. The number of carbonyl (C=O) groups excluding carboxylic acids is 4. The number of aliphatic hydroxyl groups excluding tert-OH is 1. The number of hydrogen-bond acceptors (Lipinski definition) is 9. The van der Waals surface area contributed by atoms with Crippen LogP contribution in [0.4, 0.5) is 10.7 Å². The van der Waals surface area contributed by atoms with Crippen LogP contribution in [0.5, 0.6) is 5.75 Å². The second-order valence-electron chi connectivity index (χ2n) is 10.2. The van der Waals surface area contributed by atoms with Gasteiger partial charge in [0, 0.05) is 19.4 Å². The summed E-state index contributed by atoms with van der Waals surface area (Å²) in [7, 11) is 1.71. The third-order valence-corrected chi connectivity index (χ3v) is 6.34. The molecule has 1 aromatic carbocycles. The molecule has 2 amide bonds. The van der Waals surface area contributed by atoms with E-state index in [1.807, 2.05) is 0 Å². The molecule has 3 atom stereocenters. The number of aromatic nitrogens is 2. The smallest absolute Gasteiger partial charge is 0.419 e. The average molecular weight is 527 g/mol. The van der Waals surface area contributed by atoms with E-state index in [0.717, 1.165) is 0 Å². The molecule has 0 spiro atoms. The summed E-state index contributed by atoms with van der Waals surface area (Å²) in [6, 6.07) is 6.05. The summed E-state index contributed by atoms with van der Waals surface area (Å²) in [6.07, 6.45) is 1.80. The van der Waals surface area contributed by atoms with E-state index in [-0.39, 0.29) is 17.9 Å². The van der Waals surface area contributed by atoms with E-state index in [1.165, 1.54) is 18.0 Å². The topological polar surface area (TPSA) is 149 Å². The number of aliphatic hydroxyl groups is 1. The van der Waals surface area contributed by atoms with Crippen molar-refractivity contribution in [1.29, 1.82) is 0 Å². The minimum atomic E-state index is -0.905. The van der Waals surface area contributed by atoms with E-state index < -0.39 is 54.2 Å². The number of imidazole rings is 1. The molecule has 12 heteroatoms. The number of β-lactam (4-membered cyclic amide) rings is 1. The average Bonchev–Trinajstić information content (AvgIpc) is 3.38. The maximum atomic E-state index is 13.1. The molecule has 0 bridgehead atoms.